The van der Waals surface area contributed by atoms with Gasteiger partial charge in [-0.15, -0.1) is 0 Å². The summed E-state index contributed by atoms with van der Waals surface area (Å²) >= 11 is 0. The molecule has 0 spiro atoms. The van der Waals surface area contributed by atoms with Crippen LogP contribution in [0.5, 0.6) is 0 Å². The van der Waals surface area contributed by atoms with E-state index in [2.05, 4.69) is 4.74 Å². The molecule has 138 valence electrons. The van der Waals surface area contributed by atoms with E-state index in [-0.39, 0.29) is 18.4 Å². The van der Waals surface area contributed by atoms with Crippen molar-refractivity contribution in [1.82, 2.24) is 0 Å². The topological polar surface area (TPSA) is 104 Å². The molecule has 3 unspecified atom stereocenters. The summed E-state index contributed by atoms with van der Waals surface area (Å²) < 4.78 is 60.2. The number of rotatable bonds is 9. The van der Waals surface area contributed by atoms with Crippen LogP contribution in [0.15, 0.2) is 0 Å². The van der Waals surface area contributed by atoms with Crippen molar-refractivity contribution in [2.75, 3.05) is 6.61 Å². The maximum absolute atomic E-state index is 13.1. The van der Waals surface area contributed by atoms with E-state index < -0.39 is 27.3 Å². The van der Waals surface area contributed by atoms with Crippen LogP contribution in [0.3, 0.4) is 0 Å². The van der Waals surface area contributed by atoms with E-state index in [1.165, 1.54) is 0 Å². The minimum Gasteiger partial charge on any atom is -0.390 e. The van der Waals surface area contributed by atoms with Gasteiger partial charge in [-0.1, -0.05) is 13.8 Å². The SMILES string of the molecule is CCC(O)(CC)CC1CCC(COC(O)C(F)(F)S(=O)(=O)O)C1. The Morgan fingerprint density at radius 3 is 2.22 bits per heavy atom. The third-order valence-electron chi connectivity index (χ3n) is 4.76. The quantitative estimate of drug-likeness (QED) is 0.430. The van der Waals surface area contributed by atoms with E-state index in [4.69, 9.17) is 9.66 Å². The minimum atomic E-state index is -5.73. The molecule has 0 aromatic heterocycles. The summed E-state index contributed by atoms with van der Waals surface area (Å²) in [6, 6.07) is 0. The highest BCUT2D eigenvalue weighted by atomic mass is 32.2. The number of halogens is 2. The number of aliphatic hydroxyl groups excluding tert-OH is 1. The summed E-state index contributed by atoms with van der Waals surface area (Å²) in [6.45, 7) is 3.60. The van der Waals surface area contributed by atoms with Crippen LogP contribution in [0.25, 0.3) is 0 Å². The summed E-state index contributed by atoms with van der Waals surface area (Å²) in [4.78, 5) is 0. The molecule has 0 aromatic rings. The van der Waals surface area contributed by atoms with Crippen LogP contribution in [0.2, 0.25) is 0 Å². The van der Waals surface area contributed by atoms with Crippen molar-refractivity contribution >= 4 is 10.1 Å². The fraction of sp³-hybridized carbons (Fsp3) is 1.00. The van der Waals surface area contributed by atoms with E-state index in [0.717, 1.165) is 6.42 Å². The summed E-state index contributed by atoms with van der Waals surface area (Å²) in [5.74, 6) is 0.150. The molecule has 3 atom stereocenters. The van der Waals surface area contributed by atoms with Crippen molar-refractivity contribution in [2.24, 2.45) is 11.8 Å². The second-order valence-corrected chi connectivity index (χ2v) is 7.90. The lowest BCUT2D eigenvalue weighted by molar-refractivity contribution is -0.202. The average molecular weight is 360 g/mol. The Morgan fingerprint density at radius 1 is 1.22 bits per heavy atom. The summed E-state index contributed by atoms with van der Waals surface area (Å²) in [7, 11) is -5.73. The van der Waals surface area contributed by atoms with Crippen LogP contribution in [0, 0.1) is 11.8 Å². The van der Waals surface area contributed by atoms with Gasteiger partial charge in [-0.2, -0.15) is 17.2 Å². The van der Waals surface area contributed by atoms with Gasteiger partial charge in [0.2, 0.25) is 6.29 Å². The van der Waals surface area contributed by atoms with E-state index in [1.807, 2.05) is 13.8 Å². The molecule has 0 bridgehead atoms. The molecule has 9 heteroatoms. The molecule has 23 heavy (non-hydrogen) atoms. The molecule has 0 saturated heterocycles. The first-order valence-corrected chi connectivity index (χ1v) is 9.26. The zero-order valence-corrected chi connectivity index (χ0v) is 14.2. The third-order valence-corrected chi connectivity index (χ3v) is 5.65. The molecule has 3 N–H and O–H groups in total. The predicted molar refractivity (Wildman–Crippen MR) is 79.4 cm³/mol. The van der Waals surface area contributed by atoms with Gasteiger partial charge in [-0.25, -0.2) is 0 Å². The summed E-state index contributed by atoms with van der Waals surface area (Å²) in [5.41, 5.74) is -0.724. The van der Waals surface area contributed by atoms with Crippen LogP contribution in [0.1, 0.15) is 52.4 Å². The third kappa shape index (κ3) is 5.32. The number of aliphatic hydroxyl groups is 2. The van der Waals surface area contributed by atoms with Crippen LogP contribution >= 0.6 is 0 Å². The van der Waals surface area contributed by atoms with E-state index in [1.54, 1.807) is 0 Å². The molecule has 0 aliphatic heterocycles. The fourth-order valence-corrected chi connectivity index (χ4v) is 3.37. The van der Waals surface area contributed by atoms with Gasteiger partial charge in [0.05, 0.1) is 12.2 Å². The maximum atomic E-state index is 13.1. The van der Waals surface area contributed by atoms with Crippen molar-refractivity contribution in [3.63, 3.8) is 0 Å². The van der Waals surface area contributed by atoms with Crippen molar-refractivity contribution in [2.45, 2.75) is 69.5 Å². The molecule has 0 amide bonds. The second kappa shape index (κ2) is 7.69. The highest BCUT2D eigenvalue weighted by molar-refractivity contribution is 7.86. The molecular weight excluding hydrogens is 334 g/mol. The normalized spacial score (nSPS) is 24.8. The largest absolute Gasteiger partial charge is 0.418 e. The molecule has 0 radical (unpaired) electrons. The zero-order chi connectivity index (χ0) is 17.9. The van der Waals surface area contributed by atoms with Crippen molar-refractivity contribution in [3.8, 4) is 0 Å². The van der Waals surface area contributed by atoms with Crippen LogP contribution in [-0.4, -0.2) is 46.9 Å². The monoisotopic (exact) mass is 360 g/mol. The second-order valence-electron chi connectivity index (χ2n) is 6.40. The van der Waals surface area contributed by atoms with Gasteiger partial charge in [0.15, 0.2) is 0 Å². The number of hydrogen-bond donors (Lipinski definition) is 3. The fourth-order valence-electron chi connectivity index (χ4n) is 3.04. The Labute approximate surface area is 135 Å². The van der Waals surface area contributed by atoms with Crippen LogP contribution < -0.4 is 0 Å². The molecule has 0 heterocycles. The van der Waals surface area contributed by atoms with Crippen molar-refractivity contribution in [3.05, 3.63) is 0 Å². The maximum Gasteiger partial charge on any atom is 0.418 e. The first-order valence-electron chi connectivity index (χ1n) is 7.82. The van der Waals surface area contributed by atoms with E-state index >= 15 is 0 Å². The molecule has 1 aliphatic carbocycles. The first kappa shape index (κ1) is 20.7. The van der Waals surface area contributed by atoms with Crippen LogP contribution in [0.4, 0.5) is 8.78 Å². The lowest BCUT2D eigenvalue weighted by atomic mass is 9.85. The van der Waals surface area contributed by atoms with Gasteiger partial charge >= 0.3 is 15.4 Å². The lowest BCUT2D eigenvalue weighted by Gasteiger charge is -2.28. The smallest absolute Gasteiger partial charge is 0.390 e. The van der Waals surface area contributed by atoms with E-state index in [0.29, 0.717) is 32.1 Å². The predicted octanol–water partition coefficient (Wildman–Crippen LogP) is 2.16. The highest BCUT2D eigenvalue weighted by Crippen LogP contribution is 2.38. The van der Waals surface area contributed by atoms with Gasteiger partial charge in [-0.05, 0) is 50.4 Å². The number of ether oxygens (including phenoxy) is 1. The molecule has 0 aromatic carbocycles. The molecule has 1 fully saturated rings. The molecule has 6 nitrogen and oxygen atoms in total. The Bertz CT molecular complexity index is 478. The van der Waals surface area contributed by atoms with Gasteiger partial charge in [0, 0.05) is 0 Å². The zero-order valence-electron chi connectivity index (χ0n) is 13.4. The van der Waals surface area contributed by atoms with Gasteiger partial charge in [-0.3, -0.25) is 4.55 Å². The van der Waals surface area contributed by atoms with Crippen molar-refractivity contribution < 1.29 is 36.7 Å². The Morgan fingerprint density at radius 2 is 1.74 bits per heavy atom. The van der Waals surface area contributed by atoms with Crippen molar-refractivity contribution in [1.29, 1.82) is 0 Å². The molecule has 1 rings (SSSR count). The average Bonchev–Trinajstić information content (AvgIpc) is 2.90. The highest BCUT2D eigenvalue weighted by Gasteiger charge is 2.52. The Balaban J connectivity index is 2.47. The first-order chi connectivity index (χ1) is 10.4. The van der Waals surface area contributed by atoms with Gasteiger partial charge in [0.1, 0.15) is 0 Å². The summed E-state index contributed by atoms with van der Waals surface area (Å²) in [5, 5.41) is 14.7. The number of alkyl halides is 2. The standard InChI is InChI=1S/C14H26F2O6S/c1-3-13(18,4-2)8-10-5-6-11(7-10)9-22-12(17)14(15,16)23(19,20)21/h10-12,17-18H,3-9H2,1-2H3,(H,19,20,21). The Kier molecular flexibility index (Phi) is 6.92. The van der Waals surface area contributed by atoms with Gasteiger partial charge < -0.3 is 14.9 Å². The molecule has 1 aliphatic rings. The minimum absolute atomic E-state index is 0.0928. The molecular formula is C14H26F2O6S. The van der Waals surface area contributed by atoms with Gasteiger partial charge in [0.25, 0.3) is 0 Å². The molecule has 1 saturated carbocycles. The number of hydrogen-bond acceptors (Lipinski definition) is 5. The Hall–Kier alpha value is -0.350. The van der Waals surface area contributed by atoms with E-state index in [9.17, 15) is 22.3 Å². The summed E-state index contributed by atoms with van der Waals surface area (Å²) in [6.07, 6.45) is 1.17. The van der Waals surface area contributed by atoms with Crippen LogP contribution in [-0.2, 0) is 14.9 Å². The lowest BCUT2D eigenvalue weighted by Crippen LogP contribution is -2.43.